The molecule has 112 valence electrons. The van der Waals surface area contributed by atoms with Crippen LogP contribution in [-0.4, -0.2) is 11.9 Å². The molecule has 0 saturated carbocycles. The first-order valence-electron chi connectivity index (χ1n) is 6.20. The maximum atomic E-state index is 11.7. The number of hydrogen-bond acceptors (Lipinski definition) is 3. The smallest absolute Gasteiger partial charge is 0.336 e. The van der Waals surface area contributed by atoms with E-state index < -0.39 is 11.9 Å². The number of nitrogens with two attached hydrogens (primary N) is 1. The number of primary amides is 1. The van der Waals surface area contributed by atoms with Crippen LogP contribution in [-0.2, 0) is 4.79 Å². The summed E-state index contributed by atoms with van der Waals surface area (Å²) in [5.41, 5.74) is 6.10. The van der Waals surface area contributed by atoms with E-state index in [0.717, 1.165) is 0 Å². The largest absolute Gasteiger partial charge is 0.423 e. The zero-order valence-electron chi connectivity index (χ0n) is 11.3. The van der Waals surface area contributed by atoms with Crippen molar-refractivity contribution < 1.29 is 14.3 Å². The van der Waals surface area contributed by atoms with Crippen LogP contribution in [0.3, 0.4) is 0 Å². The quantitative estimate of drug-likeness (QED) is 0.526. The van der Waals surface area contributed by atoms with Gasteiger partial charge in [0, 0.05) is 21.7 Å². The lowest BCUT2D eigenvalue weighted by molar-refractivity contribution is -0.128. The molecule has 1 amide bonds. The van der Waals surface area contributed by atoms with Crippen LogP contribution in [0.5, 0.6) is 5.75 Å². The summed E-state index contributed by atoms with van der Waals surface area (Å²) in [5, 5.41) is 0.946. The summed E-state index contributed by atoms with van der Waals surface area (Å²) in [5.74, 6) is -0.810. The summed E-state index contributed by atoms with van der Waals surface area (Å²) in [4.78, 5) is 22.6. The molecule has 0 fully saturated rings. The lowest BCUT2D eigenvalue weighted by atomic mass is 10.2. The Morgan fingerprint density at radius 1 is 1.05 bits per heavy atom. The average molecular weight is 336 g/mol. The van der Waals surface area contributed by atoms with Crippen molar-refractivity contribution in [3.05, 3.63) is 69.7 Å². The van der Waals surface area contributed by atoms with E-state index in [1.165, 1.54) is 36.4 Å². The van der Waals surface area contributed by atoms with Crippen molar-refractivity contribution >= 4 is 41.2 Å². The fourth-order valence-corrected chi connectivity index (χ4v) is 2.10. The van der Waals surface area contributed by atoms with Crippen LogP contribution < -0.4 is 10.5 Å². The highest BCUT2D eigenvalue weighted by atomic mass is 35.5. The molecule has 0 unspecified atom stereocenters. The molecule has 0 radical (unpaired) electrons. The van der Waals surface area contributed by atoms with Crippen molar-refractivity contribution in [2.24, 2.45) is 5.73 Å². The van der Waals surface area contributed by atoms with E-state index in [0.29, 0.717) is 26.9 Å². The Bertz CT molecular complexity index is 740. The first-order chi connectivity index (χ1) is 10.5. The third-order valence-electron chi connectivity index (χ3n) is 2.72. The molecule has 0 bridgehead atoms. The lowest BCUT2D eigenvalue weighted by Gasteiger charge is -2.02. The Morgan fingerprint density at radius 2 is 1.73 bits per heavy atom. The Kier molecular flexibility index (Phi) is 5.20. The minimum Gasteiger partial charge on any atom is -0.423 e. The van der Waals surface area contributed by atoms with Crippen molar-refractivity contribution in [2.75, 3.05) is 0 Å². The molecular weight excluding hydrogens is 325 g/mol. The normalized spacial score (nSPS) is 10.6. The number of halogens is 2. The first-order valence-corrected chi connectivity index (χ1v) is 6.96. The fraction of sp³-hybridized carbons (Fsp3) is 0. The summed E-state index contributed by atoms with van der Waals surface area (Å²) < 4.78 is 5.09. The second-order valence-corrected chi connectivity index (χ2v) is 5.15. The minimum absolute atomic E-state index is 0.307. The maximum Gasteiger partial charge on any atom is 0.336 e. The van der Waals surface area contributed by atoms with Crippen molar-refractivity contribution in [1.82, 2.24) is 0 Å². The van der Waals surface area contributed by atoms with Gasteiger partial charge >= 0.3 is 5.97 Å². The molecule has 0 aliphatic carbocycles. The number of amides is 1. The summed E-state index contributed by atoms with van der Waals surface area (Å²) in [6, 6.07) is 10.9. The molecule has 6 heteroatoms. The number of esters is 1. The van der Waals surface area contributed by atoms with Gasteiger partial charge in [-0.1, -0.05) is 29.3 Å². The van der Waals surface area contributed by atoms with E-state index in [9.17, 15) is 9.59 Å². The summed E-state index contributed by atoms with van der Waals surface area (Å²) in [6.45, 7) is 0. The second-order valence-electron chi connectivity index (χ2n) is 4.31. The van der Waals surface area contributed by atoms with Crippen LogP contribution in [0.25, 0.3) is 6.08 Å². The monoisotopic (exact) mass is 335 g/mol. The van der Waals surface area contributed by atoms with Gasteiger partial charge in [0.1, 0.15) is 5.75 Å². The van der Waals surface area contributed by atoms with Gasteiger partial charge in [-0.25, -0.2) is 4.79 Å². The molecule has 4 nitrogen and oxygen atoms in total. The van der Waals surface area contributed by atoms with E-state index in [1.807, 2.05) is 0 Å². The molecule has 2 rings (SSSR count). The SMILES string of the molecule is NC(=O)c1ccc(OC(=O)/C=C/c2ccc(Cl)cc2Cl)cc1. The van der Waals surface area contributed by atoms with Crippen molar-refractivity contribution in [3.8, 4) is 5.75 Å². The van der Waals surface area contributed by atoms with Crippen molar-refractivity contribution in [2.45, 2.75) is 0 Å². The standard InChI is InChI=1S/C16H11Cl2NO3/c17-12-5-1-10(14(18)9-12)4-8-15(20)22-13-6-2-11(3-7-13)16(19)21/h1-9H,(H2,19,21)/b8-4+. The fourth-order valence-electron chi connectivity index (χ4n) is 1.63. The number of benzene rings is 2. The van der Waals surface area contributed by atoms with Crippen LogP contribution in [0.2, 0.25) is 10.0 Å². The number of ether oxygens (including phenoxy) is 1. The molecule has 0 aliphatic heterocycles. The molecule has 0 aliphatic rings. The van der Waals surface area contributed by atoms with Gasteiger partial charge in [0.2, 0.25) is 5.91 Å². The summed E-state index contributed by atoms with van der Waals surface area (Å²) >= 11 is 11.8. The third kappa shape index (κ3) is 4.35. The van der Waals surface area contributed by atoms with Gasteiger partial charge in [0.25, 0.3) is 0 Å². The minimum atomic E-state index is -0.571. The highest BCUT2D eigenvalue weighted by Gasteiger charge is 2.04. The molecule has 2 aromatic carbocycles. The van der Waals surface area contributed by atoms with Gasteiger partial charge in [-0.2, -0.15) is 0 Å². The maximum absolute atomic E-state index is 11.7. The van der Waals surface area contributed by atoms with Crippen LogP contribution in [0.15, 0.2) is 48.5 Å². The van der Waals surface area contributed by atoms with Crippen LogP contribution in [0, 0.1) is 0 Å². The number of hydrogen-bond donors (Lipinski definition) is 1. The van der Waals surface area contributed by atoms with E-state index in [-0.39, 0.29) is 0 Å². The number of carbonyl (C=O) groups is 2. The molecule has 0 aromatic heterocycles. The Morgan fingerprint density at radius 3 is 2.32 bits per heavy atom. The van der Waals surface area contributed by atoms with E-state index >= 15 is 0 Å². The second kappa shape index (κ2) is 7.11. The molecule has 22 heavy (non-hydrogen) atoms. The van der Waals surface area contributed by atoms with Gasteiger partial charge in [0.15, 0.2) is 0 Å². The van der Waals surface area contributed by atoms with Gasteiger partial charge in [-0.15, -0.1) is 0 Å². The van der Waals surface area contributed by atoms with Gasteiger partial charge in [-0.05, 0) is 48.0 Å². The highest BCUT2D eigenvalue weighted by molar-refractivity contribution is 6.35. The van der Waals surface area contributed by atoms with Crippen LogP contribution in [0.1, 0.15) is 15.9 Å². The van der Waals surface area contributed by atoms with Crippen molar-refractivity contribution in [1.29, 1.82) is 0 Å². The zero-order chi connectivity index (χ0) is 16.1. The molecule has 2 aromatic rings. The van der Waals surface area contributed by atoms with Gasteiger partial charge < -0.3 is 10.5 Å². The summed E-state index contributed by atoms with van der Waals surface area (Å²) in [6.07, 6.45) is 2.77. The molecule has 2 N–H and O–H groups in total. The molecule has 0 spiro atoms. The van der Waals surface area contributed by atoms with Gasteiger partial charge in [-0.3, -0.25) is 4.79 Å². The Labute approximate surface area is 137 Å². The Hall–Kier alpha value is -2.30. The molecule has 0 saturated heterocycles. The predicted octanol–water partition coefficient (Wildman–Crippen LogP) is 3.71. The van der Waals surface area contributed by atoms with E-state index in [2.05, 4.69) is 0 Å². The van der Waals surface area contributed by atoms with Crippen molar-refractivity contribution in [3.63, 3.8) is 0 Å². The van der Waals surface area contributed by atoms with E-state index in [1.54, 1.807) is 18.2 Å². The van der Waals surface area contributed by atoms with E-state index in [4.69, 9.17) is 33.7 Å². The predicted molar refractivity (Wildman–Crippen MR) is 86.1 cm³/mol. The zero-order valence-corrected chi connectivity index (χ0v) is 12.8. The number of rotatable bonds is 4. The summed E-state index contributed by atoms with van der Waals surface area (Å²) in [7, 11) is 0. The number of carbonyl (C=O) groups excluding carboxylic acids is 2. The first kappa shape index (κ1) is 16.1. The van der Waals surface area contributed by atoms with Crippen LogP contribution in [0.4, 0.5) is 0 Å². The van der Waals surface area contributed by atoms with Crippen LogP contribution >= 0.6 is 23.2 Å². The molecule has 0 heterocycles. The van der Waals surface area contributed by atoms with Gasteiger partial charge in [0.05, 0.1) is 0 Å². The Balaban J connectivity index is 2.03. The highest BCUT2D eigenvalue weighted by Crippen LogP contribution is 2.22. The topological polar surface area (TPSA) is 69.4 Å². The average Bonchev–Trinajstić information content (AvgIpc) is 2.47. The third-order valence-corrected chi connectivity index (χ3v) is 3.28. The lowest BCUT2D eigenvalue weighted by Crippen LogP contribution is -2.10. The molecular formula is C16H11Cl2NO3. The molecule has 0 atom stereocenters.